The predicted octanol–water partition coefficient (Wildman–Crippen LogP) is 1.90. The first-order valence-electron chi connectivity index (χ1n) is 6.86. The Morgan fingerprint density at radius 1 is 1.35 bits per heavy atom. The molecule has 0 unspecified atom stereocenters. The third-order valence-corrected chi connectivity index (χ3v) is 3.00. The lowest BCUT2D eigenvalue weighted by Gasteiger charge is -2.29. The van der Waals surface area contributed by atoms with E-state index in [1.165, 1.54) is 0 Å². The average Bonchev–Trinajstić information content (AvgIpc) is 2.38. The van der Waals surface area contributed by atoms with Crippen molar-refractivity contribution in [2.24, 2.45) is 0 Å². The Morgan fingerprint density at radius 2 is 2.00 bits per heavy atom. The Labute approximate surface area is 119 Å². The highest BCUT2D eigenvalue weighted by atomic mass is 16.4. The second-order valence-electron chi connectivity index (χ2n) is 5.29. The maximum atomic E-state index is 11.4. The molecule has 1 heterocycles. The molecule has 0 saturated carbocycles. The summed E-state index contributed by atoms with van der Waals surface area (Å²) in [5.41, 5.74) is 0.528. The highest BCUT2D eigenvalue weighted by molar-refractivity contribution is 5.92. The van der Waals surface area contributed by atoms with Gasteiger partial charge in [-0.15, -0.1) is 0 Å². The molecule has 20 heavy (non-hydrogen) atoms. The predicted molar refractivity (Wildman–Crippen MR) is 77.3 cm³/mol. The van der Waals surface area contributed by atoms with E-state index in [1.54, 1.807) is 6.20 Å². The fourth-order valence-electron chi connectivity index (χ4n) is 1.93. The van der Waals surface area contributed by atoms with Crippen LogP contribution in [-0.4, -0.2) is 45.3 Å². The number of aliphatic hydroxyl groups excluding tert-OH is 1. The van der Waals surface area contributed by atoms with Crippen molar-refractivity contribution >= 4 is 11.7 Å². The zero-order valence-electron chi connectivity index (χ0n) is 12.5. The second kappa shape index (κ2) is 7.19. The molecule has 0 aliphatic heterocycles. The van der Waals surface area contributed by atoms with Gasteiger partial charge in [0.25, 0.3) is 0 Å². The molecular formula is C14H23N3O3. The molecule has 0 aliphatic carbocycles. The average molecular weight is 281 g/mol. The lowest BCUT2D eigenvalue weighted by molar-refractivity contribution is 0.0690. The molecule has 6 heteroatoms. The Hall–Kier alpha value is -1.69. The zero-order valence-corrected chi connectivity index (χ0v) is 12.5. The molecule has 112 valence electrons. The normalized spacial score (nSPS) is 11.2. The molecule has 0 radical (unpaired) electrons. The Balaban J connectivity index is 3.22. The number of carbonyl (C=O) groups is 1. The van der Waals surface area contributed by atoms with Gasteiger partial charge < -0.3 is 15.1 Å². The minimum absolute atomic E-state index is 0.0235. The van der Waals surface area contributed by atoms with Crippen molar-refractivity contribution in [1.82, 2.24) is 9.97 Å². The van der Waals surface area contributed by atoms with E-state index in [2.05, 4.69) is 9.97 Å². The highest BCUT2D eigenvalue weighted by Crippen LogP contribution is 2.22. The smallest absolute Gasteiger partial charge is 0.356 e. The molecule has 1 aromatic rings. The molecular weight excluding hydrogens is 258 g/mol. The van der Waals surface area contributed by atoms with E-state index in [0.29, 0.717) is 24.5 Å². The van der Waals surface area contributed by atoms with Crippen LogP contribution in [0.2, 0.25) is 0 Å². The van der Waals surface area contributed by atoms with E-state index in [1.807, 2.05) is 32.6 Å². The third kappa shape index (κ3) is 3.90. The van der Waals surface area contributed by atoms with Crippen LogP contribution < -0.4 is 4.90 Å². The van der Waals surface area contributed by atoms with E-state index >= 15 is 0 Å². The Kier molecular flexibility index (Phi) is 5.88. The number of anilines is 1. The van der Waals surface area contributed by atoms with Crippen molar-refractivity contribution in [3.63, 3.8) is 0 Å². The second-order valence-corrected chi connectivity index (χ2v) is 5.29. The first kappa shape index (κ1) is 16.4. The van der Waals surface area contributed by atoms with Gasteiger partial charge in [0.1, 0.15) is 5.82 Å². The largest absolute Gasteiger partial charge is 0.476 e. The summed E-state index contributed by atoms with van der Waals surface area (Å²) in [5.74, 6) is -0.456. The molecule has 0 aromatic carbocycles. The third-order valence-electron chi connectivity index (χ3n) is 3.00. The summed E-state index contributed by atoms with van der Waals surface area (Å²) in [6, 6.07) is 0.105. The van der Waals surface area contributed by atoms with Crippen LogP contribution in [-0.2, 0) is 0 Å². The van der Waals surface area contributed by atoms with Gasteiger partial charge in [0.2, 0.25) is 0 Å². The summed E-state index contributed by atoms with van der Waals surface area (Å²) in [4.78, 5) is 21.8. The maximum absolute atomic E-state index is 11.4. The summed E-state index contributed by atoms with van der Waals surface area (Å²) < 4.78 is 0. The van der Waals surface area contributed by atoms with Gasteiger partial charge in [-0.3, -0.25) is 0 Å². The number of carboxylic acid groups (broad SMARTS) is 1. The van der Waals surface area contributed by atoms with E-state index in [0.717, 1.165) is 0 Å². The number of hydrogen-bond donors (Lipinski definition) is 2. The summed E-state index contributed by atoms with van der Waals surface area (Å²) >= 11 is 0. The van der Waals surface area contributed by atoms with E-state index in [4.69, 9.17) is 5.11 Å². The lowest BCUT2D eigenvalue weighted by Crippen LogP contribution is -2.34. The van der Waals surface area contributed by atoms with Gasteiger partial charge in [-0.05, 0) is 20.3 Å². The monoisotopic (exact) mass is 281 g/mol. The van der Waals surface area contributed by atoms with Gasteiger partial charge in [0.05, 0.1) is 11.9 Å². The van der Waals surface area contributed by atoms with Crippen LogP contribution in [0.25, 0.3) is 0 Å². The molecule has 1 aromatic heterocycles. The molecule has 0 atom stereocenters. The molecule has 0 bridgehead atoms. The van der Waals surface area contributed by atoms with Crippen LogP contribution in [0.5, 0.6) is 0 Å². The van der Waals surface area contributed by atoms with E-state index in [9.17, 15) is 9.90 Å². The number of aromatic nitrogens is 2. The van der Waals surface area contributed by atoms with Crippen LogP contribution in [0.1, 0.15) is 56.3 Å². The van der Waals surface area contributed by atoms with Crippen LogP contribution in [0.15, 0.2) is 6.20 Å². The number of rotatable bonds is 7. The minimum Gasteiger partial charge on any atom is -0.476 e. The summed E-state index contributed by atoms with van der Waals surface area (Å²) in [5, 5.41) is 18.3. The molecule has 2 N–H and O–H groups in total. The van der Waals surface area contributed by atoms with Crippen molar-refractivity contribution in [2.75, 3.05) is 18.1 Å². The van der Waals surface area contributed by atoms with E-state index < -0.39 is 5.97 Å². The van der Waals surface area contributed by atoms with Gasteiger partial charge in [0.15, 0.2) is 5.69 Å². The molecule has 0 saturated heterocycles. The quantitative estimate of drug-likeness (QED) is 0.793. The topological polar surface area (TPSA) is 86.5 Å². The van der Waals surface area contributed by atoms with Crippen molar-refractivity contribution < 1.29 is 15.0 Å². The Morgan fingerprint density at radius 3 is 2.45 bits per heavy atom. The summed E-state index contributed by atoms with van der Waals surface area (Å²) in [7, 11) is 0. The van der Waals surface area contributed by atoms with Gasteiger partial charge in [0, 0.05) is 25.1 Å². The van der Waals surface area contributed by atoms with Crippen molar-refractivity contribution in [1.29, 1.82) is 0 Å². The SMILES string of the molecule is CC(C)c1ncc(N(CCCO)C(C)C)c(C(=O)O)n1. The standard InChI is InChI=1S/C14H23N3O3/c1-9(2)13-15-8-11(12(16-13)14(19)20)17(10(3)4)6-5-7-18/h8-10,18H,5-7H2,1-4H3,(H,19,20). The molecule has 0 fully saturated rings. The number of hydrogen-bond acceptors (Lipinski definition) is 5. The highest BCUT2D eigenvalue weighted by Gasteiger charge is 2.21. The van der Waals surface area contributed by atoms with Gasteiger partial charge in [-0.1, -0.05) is 13.8 Å². The first-order valence-corrected chi connectivity index (χ1v) is 6.86. The number of aliphatic hydroxyl groups is 1. The van der Waals surface area contributed by atoms with Gasteiger partial charge >= 0.3 is 5.97 Å². The summed E-state index contributed by atoms with van der Waals surface area (Å²) in [6.45, 7) is 8.42. The van der Waals surface area contributed by atoms with Crippen LogP contribution in [0, 0.1) is 0 Å². The van der Waals surface area contributed by atoms with E-state index in [-0.39, 0.29) is 24.3 Å². The molecule has 0 amide bonds. The summed E-state index contributed by atoms with van der Waals surface area (Å²) in [6.07, 6.45) is 2.15. The minimum atomic E-state index is -1.06. The Bertz CT molecular complexity index is 461. The molecule has 0 spiro atoms. The van der Waals surface area contributed by atoms with Crippen LogP contribution in [0.4, 0.5) is 5.69 Å². The van der Waals surface area contributed by atoms with Crippen molar-refractivity contribution in [3.8, 4) is 0 Å². The van der Waals surface area contributed by atoms with Crippen LogP contribution in [0.3, 0.4) is 0 Å². The molecule has 6 nitrogen and oxygen atoms in total. The van der Waals surface area contributed by atoms with Crippen molar-refractivity contribution in [2.45, 2.75) is 46.1 Å². The van der Waals surface area contributed by atoms with Crippen molar-refractivity contribution in [3.05, 3.63) is 17.7 Å². The lowest BCUT2D eigenvalue weighted by atomic mass is 10.2. The molecule has 0 aliphatic rings. The number of nitrogens with zero attached hydrogens (tertiary/aromatic N) is 3. The maximum Gasteiger partial charge on any atom is 0.356 e. The zero-order chi connectivity index (χ0) is 15.3. The van der Waals surface area contributed by atoms with Gasteiger partial charge in [-0.2, -0.15) is 0 Å². The molecule has 1 rings (SSSR count). The first-order chi connectivity index (χ1) is 9.38. The number of aromatic carboxylic acids is 1. The van der Waals surface area contributed by atoms with Gasteiger partial charge in [-0.25, -0.2) is 14.8 Å². The fourth-order valence-corrected chi connectivity index (χ4v) is 1.93. The number of carboxylic acids is 1. The fraction of sp³-hybridized carbons (Fsp3) is 0.643. The van der Waals surface area contributed by atoms with Crippen LogP contribution >= 0.6 is 0 Å².